The predicted octanol–water partition coefficient (Wildman–Crippen LogP) is 1.98. The zero-order valence-corrected chi connectivity index (χ0v) is 11.8. The molecular formula is C16H18N2O2. The molecule has 4 heteroatoms. The molecular weight excluding hydrogens is 252 g/mol. The molecule has 20 heavy (non-hydrogen) atoms. The van der Waals surface area contributed by atoms with E-state index in [1.165, 1.54) is 0 Å². The van der Waals surface area contributed by atoms with Gasteiger partial charge in [0.15, 0.2) is 0 Å². The highest BCUT2D eigenvalue weighted by Crippen LogP contribution is 2.19. The summed E-state index contributed by atoms with van der Waals surface area (Å²) >= 11 is 0. The van der Waals surface area contributed by atoms with Gasteiger partial charge in [0.25, 0.3) is 0 Å². The molecule has 0 spiro atoms. The maximum absolute atomic E-state index is 8.78. The Bertz CT molecular complexity index is 635. The van der Waals surface area contributed by atoms with Crippen molar-refractivity contribution < 1.29 is 9.84 Å². The minimum absolute atomic E-state index is 0.0709. The highest BCUT2D eigenvalue weighted by atomic mass is 16.5. The molecule has 0 unspecified atom stereocenters. The number of aliphatic hydroxyl groups is 1. The number of hydrogen-bond donors (Lipinski definition) is 1. The number of aliphatic hydroxyl groups excluding tert-OH is 1. The average molecular weight is 270 g/mol. The summed E-state index contributed by atoms with van der Waals surface area (Å²) in [7, 11) is 1.63. The molecule has 0 aliphatic carbocycles. The quantitative estimate of drug-likeness (QED) is 0.864. The van der Waals surface area contributed by atoms with Crippen molar-refractivity contribution in [3.63, 3.8) is 0 Å². The van der Waals surface area contributed by atoms with Crippen molar-refractivity contribution in [1.82, 2.24) is 9.78 Å². The van der Waals surface area contributed by atoms with Crippen LogP contribution in [0.2, 0.25) is 0 Å². The SMILES string of the molecule is COc1ccc(Cn2nccc2C)cc1C#CCCO. The van der Waals surface area contributed by atoms with Gasteiger partial charge in [-0.2, -0.15) is 5.10 Å². The minimum Gasteiger partial charge on any atom is -0.495 e. The largest absolute Gasteiger partial charge is 0.495 e. The van der Waals surface area contributed by atoms with Crippen LogP contribution in [-0.4, -0.2) is 28.6 Å². The van der Waals surface area contributed by atoms with E-state index < -0.39 is 0 Å². The lowest BCUT2D eigenvalue weighted by molar-refractivity contribution is 0.305. The Balaban J connectivity index is 2.25. The van der Waals surface area contributed by atoms with Gasteiger partial charge in [0, 0.05) is 18.3 Å². The zero-order chi connectivity index (χ0) is 14.4. The lowest BCUT2D eigenvalue weighted by atomic mass is 10.1. The molecule has 0 aliphatic rings. The molecule has 1 aromatic carbocycles. The number of ether oxygens (including phenoxy) is 1. The maximum Gasteiger partial charge on any atom is 0.134 e. The third kappa shape index (κ3) is 3.40. The predicted molar refractivity (Wildman–Crippen MR) is 77.6 cm³/mol. The molecule has 0 saturated heterocycles. The Kier molecular flexibility index (Phi) is 4.80. The first-order valence-electron chi connectivity index (χ1n) is 6.49. The summed E-state index contributed by atoms with van der Waals surface area (Å²) in [6, 6.07) is 7.91. The van der Waals surface area contributed by atoms with E-state index in [1.807, 2.05) is 35.9 Å². The maximum atomic E-state index is 8.78. The Morgan fingerprint density at radius 3 is 2.85 bits per heavy atom. The molecule has 0 saturated carbocycles. The zero-order valence-electron chi connectivity index (χ0n) is 11.8. The van der Waals surface area contributed by atoms with Gasteiger partial charge in [-0.3, -0.25) is 4.68 Å². The number of methoxy groups -OCH3 is 1. The Labute approximate surface area is 119 Å². The van der Waals surface area contributed by atoms with Crippen LogP contribution in [0.25, 0.3) is 0 Å². The van der Waals surface area contributed by atoms with Crippen LogP contribution in [0.5, 0.6) is 5.75 Å². The number of nitrogens with zero attached hydrogens (tertiary/aromatic N) is 2. The summed E-state index contributed by atoms with van der Waals surface area (Å²) in [4.78, 5) is 0. The Hall–Kier alpha value is -2.25. The summed E-state index contributed by atoms with van der Waals surface area (Å²) in [5, 5.41) is 13.1. The van der Waals surface area contributed by atoms with E-state index in [-0.39, 0.29) is 6.61 Å². The highest BCUT2D eigenvalue weighted by Gasteiger charge is 2.04. The Morgan fingerprint density at radius 1 is 1.35 bits per heavy atom. The summed E-state index contributed by atoms with van der Waals surface area (Å²) in [6.07, 6.45) is 2.26. The topological polar surface area (TPSA) is 47.3 Å². The fourth-order valence-corrected chi connectivity index (χ4v) is 1.90. The van der Waals surface area contributed by atoms with Gasteiger partial charge < -0.3 is 9.84 Å². The first-order valence-corrected chi connectivity index (χ1v) is 6.49. The van der Waals surface area contributed by atoms with E-state index in [0.717, 1.165) is 22.6 Å². The average Bonchev–Trinajstić information content (AvgIpc) is 2.85. The summed E-state index contributed by atoms with van der Waals surface area (Å²) < 4.78 is 7.24. The van der Waals surface area contributed by atoms with Crippen molar-refractivity contribution in [2.24, 2.45) is 0 Å². The number of hydrogen-bond acceptors (Lipinski definition) is 3. The molecule has 1 heterocycles. The van der Waals surface area contributed by atoms with Crippen molar-refractivity contribution in [3.05, 3.63) is 47.3 Å². The molecule has 4 nitrogen and oxygen atoms in total. The van der Waals surface area contributed by atoms with Gasteiger partial charge in [0.05, 0.1) is 25.8 Å². The first-order chi connectivity index (χ1) is 9.74. The fourth-order valence-electron chi connectivity index (χ4n) is 1.90. The molecule has 2 rings (SSSR count). The summed E-state index contributed by atoms with van der Waals surface area (Å²) in [5.74, 6) is 6.70. The standard InChI is InChI=1S/C16H18N2O2/c1-13-8-9-17-18(13)12-14-6-7-16(20-2)15(11-14)5-3-4-10-19/h6-9,11,19H,4,10,12H2,1-2H3. The third-order valence-electron chi connectivity index (χ3n) is 2.99. The van der Waals surface area contributed by atoms with Gasteiger partial charge in [0.1, 0.15) is 5.75 Å². The monoisotopic (exact) mass is 270 g/mol. The van der Waals surface area contributed by atoms with Crippen molar-refractivity contribution in [1.29, 1.82) is 0 Å². The van der Waals surface area contributed by atoms with E-state index in [0.29, 0.717) is 13.0 Å². The van der Waals surface area contributed by atoms with E-state index in [9.17, 15) is 0 Å². The molecule has 104 valence electrons. The molecule has 2 aromatic rings. The van der Waals surface area contributed by atoms with Gasteiger partial charge in [-0.15, -0.1) is 0 Å². The van der Waals surface area contributed by atoms with E-state index in [2.05, 4.69) is 16.9 Å². The molecule has 0 fully saturated rings. The number of rotatable bonds is 4. The van der Waals surface area contributed by atoms with Gasteiger partial charge >= 0.3 is 0 Å². The van der Waals surface area contributed by atoms with Crippen LogP contribution >= 0.6 is 0 Å². The number of aromatic nitrogens is 2. The van der Waals surface area contributed by atoms with E-state index >= 15 is 0 Å². The van der Waals surface area contributed by atoms with Gasteiger partial charge in [-0.05, 0) is 30.7 Å². The van der Waals surface area contributed by atoms with Crippen LogP contribution in [-0.2, 0) is 6.54 Å². The molecule has 0 bridgehead atoms. The van der Waals surface area contributed by atoms with Gasteiger partial charge in [-0.25, -0.2) is 0 Å². The van der Waals surface area contributed by atoms with Crippen LogP contribution in [0.15, 0.2) is 30.5 Å². The van der Waals surface area contributed by atoms with E-state index in [1.54, 1.807) is 13.3 Å². The number of aryl methyl sites for hydroxylation is 1. The smallest absolute Gasteiger partial charge is 0.134 e. The second-order valence-electron chi connectivity index (χ2n) is 4.44. The lowest BCUT2D eigenvalue weighted by Crippen LogP contribution is -2.04. The van der Waals surface area contributed by atoms with Crippen molar-refractivity contribution >= 4 is 0 Å². The second kappa shape index (κ2) is 6.78. The normalized spacial score (nSPS) is 9.95. The molecule has 1 aromatic heterocycles. The lowest BCUT2D eigenvalue weighted by Gasteiger charge is -2.08. The van der Waals surface area contributed by atoms with Crippen LogP contribution < -0.4 is 4.74 Å². The Morgan fingerprint density at radius 2 is 2.20 bits per heavy atom. The van der Waals surface area contributed by atoms with Crippen LogP contribution in [0.3, 0.4) is 0 Å². The molecule has 0 amide bonds. The number of benzene rings is 1. The second-order valence-corrected chi connectivity index (χ2v) is 4.44. The van der Waals surface area contributed by atoms with Crippen molar-refractivity contribution in [2.75, 3.05) is 13.7 Å². The summed E-state index contributed by atoms with van der Waals surface area (Å²) in [6.45, 7) is 2.80. The van der Waals surface area contributed by atoms with Crippen molar-refractivity contribution in [3.8, 4) is 17.6 Å². The van der Waals surface area contributed by atoms with Crippen LogP contribution in [0.4, 0.5) is 0 Å². The van der Waals surface area contributed by atoms with Gasteiger partial charge in [-0.1, -0.05) is 17.9 Å². The minimum atomic E-state index is 0.0709. The van der Waals surface area contributed by atoms with Gasteiger partial charge in [0.2, 0.25) is 0 Å². The van der Waals surface area contributed by atoms with Crippen LogP contribution in [0.1, 0.15) is 23.2 Å². The van der Waals surface area contributed by atoms with Crippen molar-refractivity contribution in [2.45, 2.75) is 19.9 Å². The first kappa shape index (κ1) is 14.2. The van der Waals surface area contributed by atoms with E-state index in [4.69, 9.17) is 9.84 Å². The highest BCUT2D eigenvalue weighted by molar-refractivity contribution is 5.48. The summed E-state index contributed by atoms with van der Waals surface area (Å²) in [5.41, 5.74) is 3.07. The molecule has 0 atom stereocenters. The molecule has 0 radical (unpaired) electrons. The molecule has 0 aliphatic heterocycles. The fraction of sp³-hybridized carbons (Fsp3) is 0.312. The molecule has 1 N–H and O–H groups in total. The van der Waals surface area contributed by atoms with Crippen LogP contribution in [0, 0.1) is 18.8 Å². The third-order valence-corrected chi connectivity index (χ3v) is 2.99.